The van der Waals surface area contributed by atoms with Crippen molar-refractivity contribution in [1.82, 2.24) is 14.7 Å². The highest BCUT2D eigenvalue weighted by Gasteiger charge is 2.34. The van der Waals surface area contributed by atoms with E-state index in [1.165, 1.54) is 12.1 Å². The van der Waals surface area contributed by atoms with E-state index in [1.807, 2.05) is 12.2 Å². The van der Waals surface area contributed by atoms with E-state index in [9.17, 15) is 14.3 Å². The number of hydrogen-bond acceptors (Lipinski definition) is 4. The minimum Gasteiger partial charge on any atom is -0.389 e. The molecule has 7 heteroatoms. The highest BCUT2D eigenvalue weighted by Crippen LogP contribution is 2.27. The summed E-state index contributed by atoms with van der Waals surface area (Å²) in [5, 5.41) is 15.2. The van der Waals surface area contributed by atoms with Gasteiger partial charge in [-0.2, -0.15) is 5.10 Å². The quantitative estimate of drug-likeness (QED) is 0.883. The van der Waals surface area contributed by atoms with Gasteiger partial charge in [0.05, 0.1) is 11.8 Å². The number of carbonyl (C=O) groups is 1. The monoisotopic (exact) mass is 382 g/mol. The second-order valence-electron chi connectivity index (χ2n) is 7.47. The molecule has 6 nitrogen and oxygen atoms in total. The summed E-state index contributed by atoms with van der Waals surface area (Å²) in [5.41, 5.74) is 1.03. The second kappa shape index (κ2) is 7.67. The molecule has 1 N–H and O–H groups in total. The fourth-order valence-corrected chi connectivity index (χ4v) is 3.76. The number of aromatic nitrogens is 2. The summed E-state index contributed by atoms with van der Waals surface area (Å²) in [6.45, 7) is 1.12. The summed E-state index contributed by atoms with van der Waals surface area (Å²) in [5.74, 6) is 0.415. The molecular formula is C21H23FN4O2. The number of likely N-dealkylation sites (tertiary alicyclic amines) is 1. The number of allylic oxidation sites excluding steroid dienone is 2. The normalized spacial score (nSPS) is 18.0. The van der Waals surface area contributed by atoms with Gasteiger partial charge < -0.3 is 10.0 Å². The Morgan fingerprint density at radius 1 is 1.21 bits per heavy atom. The molecule has 1 saturated heterocycles. The Morgan fingerprint density at radius 3 is 2.71 bits per heavy atom. The summed E-state index contributed by atoms with van der Waals surface area (Å²) in [7, 11) is 0. The molecule has 28 heavy (non-hydrogen) atoms. The van der Waals surface area contributed by atoms with Crippen molar-refractivity contribution in [3.8, 4) is 0 Å². The van der Waals surface area contributed by atoms with Gasteiger partial charge in [-0.15, -0.1) is 0 Å². The van der Waals surface area contributed by atoms with Gasteiger partial charge in [0, 0.05) is 31.3 Å². The number of nitrogens with zero attached hydrogens (tertiary/aromatic N) is 4. The van der Waals surface area contributed by atoms with Crippen molar-refractivity contribution in [3.05, 3.63) is 59.6 Å². The van der Waals surface area contributed by atoms with Crippen molar-refractivity contribution >= 4 is 17.9 Å². The molecule has 0 spiro atoms. The van der Waals surface area contributed by atoms with E-state index in [2.05, 4.69) is 10.1 Å². The number of carbonyl (C=O) groups excluding carboxylic acids is 1. The molecule has 146 valence electrons. The topological polar surface area (TPSA) is 70.7 Å². The summed E-state index contributed by atoms with van der Waals surface area (Å²) < 4.78 is 14.7. The predicted octanol–water partition coefficient (Wildman–Crippen LogP) is 2.43. The zero-order valence-electron chi connectivity index (χ0n) is 15.6. The maximum atomic E-state index is 13.1. The van der Waals surface area contributed by atoms with Gasteiger partial charge in [0.2, 0.25) is 5.91 Å². The maximum Gasteiger partial charge on any atom is 0.244 e. The Hall–Kier alpha value is -2.80. The lowest BCUT2D eigenvalue weighted by Crippen LogP contribution is -2.48. The van der Waals surface area contributed by atoms with E-state index < -0.39 is 5.60 Å². The number of amides is 1. The zero-order chi connectivity index (χ0) is 19.6. The summed E-state index contributed by atoms with van der Waals surface area (Å²) in [6, 6.07) is 6.21. The van der Waals surface area contributed by atoms with Gasteiger partial charge in [-0.3, -0.25) is 4.79 Å². The van der Waals surface area contributed by atoms with Crippen LogP contribution in [0.15, 0.2) is 47.6 Å². The average Bonchev–Trinajstić information content (AvgIpc) is 2.90. The Bertz CT molecular complexity index is 909. The van der Waals surface area contributed by atoms with Crippen molar-refractivity contribution in [1.29, 1.82) is 0 Å². The molecule has 0 bridgehead atoms. The van der Waals surface area contributed by atoms with Crippen LogP contribution in [0.25, 0.3) is 0 Å². The van der Waals surface area contributed by atoms with E-state index in [-0.39, 0.29) is 18.3 Å². The third-order valence-electron chi connectivity index (χ3n) is 5.42. The SMILES string of the molecule is O=C(Cn1ncc2c1N=CC=CC2)N1CCC(O)(Cc2ccc(F)cc2)CC1. The van der Waals surface area contributed by atoms with Crippen LogP contribution >= 0.6 is 0 Å². The Morgan fingerprint density at radius 2 is 1.96 bits per heavy atom. The highest BCUT2D eigenvalue weighted by molar-refractivity contribution is 5.78. The van der Waals surface area contributed by atoms with Gasteiger partial charge in [-0.05, 0) is 43.0 Å². The van der Waals surface area contributed by atoms with Crippen molar-refractivity contribution in [2.75, 3.05) is 13.1 Å². The van der Waals surface area contributed by atoms with Crippen LogP contribution in [0, 0.1) is 5.82 Å². The smallest absolute Gasteiger partial charge is 0.244 e. The fraction of sp³-hybridized carbons (Fsp3) is 0.381. The molecule has 1 fully saturated rings. The van der Waals surface area contributed by atoms with E-state index in [1.54, 1.807) is 34.1 Å². The van der Waals surface area contributed by atoms with Gasteiger partial charge in [0.25, 0.3) is 0 Å². The number of hydrogen-bond donors (Lipinski definition) is 1. The van der Waals surface area contributed by atoms with Crippen molar-refractivity contribution in [2.45, 2.75) is 37.8 Å². The lowest BCUT2D eigenvalue weighted by atomic mass is 9.85. The molecule has 0 radical (unpaired) electrons. The number of halogens is 1. The van der Waals surface area contributed by atoms with Crippen LogP contribution in [-0.4, -0.2) is 50.6 Å². The number of aliphatic imine (C=N–C) groups is 1. The first kappa shape index (κ1) is 18.6. The number of benzene rings is 1. The number of aliphatic hydroxyl groups is 1. The molecule has 2 aliphatic rings. The number of fused-ring (bicyclic) bond motifs is 1. The Kier molecular flexibility index (Phi) is 5.09. The maximum absolute atomic E-state index is 13.1. The molecule has 0 atom stereocenters. The fourth-order valence-electron chi connectivity index (χ4n) is 3.76. The van der Waals surface area contributed by atoms with E-state index in [0.29, 0.717) is 32.4 Å². The van der Waals surface area contributed by atoms with Gasteiger partial charge >= 0.3 is 0 Å². The standard InChI is InChI=1S/C21H23FN4O2/c22-18-6-4-16(5-7-18)13-21(28)8-11-25(12-9-21)19(27)15-26-20-17(14-24-26)3-1-2-10-23-20/h1-2,4-7,10,14,28H,3,8-9,11-13,15H2. The van der Waals surface area contributed by atoms with Crippen LogP contribution in [-0.2, 0) is 24.2 Å². The first-order chi connectivity index (χ1) is 13.5. The molecular weight excluding hydrogens is 359 g/mol. The molecule has 1 aromatic heterocycles. The molecule has 0 saturated carbocycles. The van der Waals surface area contributed by atoms with Crippen LogP contribution in [0.1, 0.15) is 24.0 Å². The van der Waals surface area contributed by atoms with E-state index in [0.717, 1.165) is 23.4 Å². The second-order valence-corrected chi connectivity index (χ2v) is 7.47. The highest BCUT2D eigenvalue weighted by atomic mass is 19.1. The third-order valence-corrected chi connectivity index (χ3v) is 5.42. The predicted molar refractivity (Wildman–Crippen MR) is 104 cm³/mol. The van der Waals surface area contributed by atoms with Gasteiger partial charge in [0.1, 0.15) is 12.4 Å². The number of rotatable bonds is 4. The molecule has 1 amide bonds. The Labute approximate surface area is 163 Å². The van der Waals surface area contributed by atoms with Gasteiger partial charge in [-0.25, -0.2) is 14.1 Å². The molecule has 4 rings (SSSR count). The van der Waals surface area contributed by atoms with Crippen LogP contribution in [0.5, 0.6) is 0 Å². The zero-order valence-corrected chi connectivity index (χ0v) is 15.6. The summed E-state index contributed by atoms with van der Waals surface area (Å²) in [6.07, 6.45) is 9.57. The number of piperidine rings is 1. The first-order valence-electron chi connectivity index (χ1n) is 9.51. The van der Waals surface area contributed by atoms with Crippen LogP contribution in [0.4, 0.5) is 10.2 Å². The van der Waals surface area contributed by atoms with Gasteiger partial charge in [0.15, 0.2) is 5.82 Å². The molecule has 0 aliphatic carbocycles. The van der Waals surface area contributed by atoms with Crippen molar-refractivity contribution < 1.29 is 14.3 Å². The minimum atomic E-state index is -0.868. The van der Waals surface area contributed by atoms with Gasteiger partial charge in [-0.1, -0.05) is 18.2 Å². The molecule has 1 aromatic carbocycles. The lowest BCUT2D eigenvalue weighted by Gasteiger charge is -2.38. The molecule has 3 heterocycles. The minimum absolute atomic E-state index is 0.0258. The summed E-state index contributed by atoms with van der Waals surface area (Å²) in [4.78, 5) is 18.9. The molecule has 2 aliphatic heterocycles. The lowest BCUT2D eigenvalue weighted by molar-refractivity contribution is -0.136. The summed E-state index contributed by atoms with van der Waals surface area (Å²) >= 11 is 0. The van der Waals surface area contributed by atoms with Crippen molar-refractivity contribution in [3.63, 3.8) is 0 Å². The third kappa shape index (κ3) is 4.04. The van der Waals surface area contributed by atoms with E-state index in [4.69, 9.17) is 0 Å². The van der Waals surface area contributed by atoms with Crippen LogP contribution in [0.2, 0.25) is 0 Å². The van der Waals surface area contributed by atoms with Crippen LogP contribution < -0.4 is 0 Å². The average molecular weight is 382 g/mol. The Balaban J connectivity index is 1.35. The molecule has 0 unspecified atom stereocenters. The molecule has 2 aromatic rings. The largest absolute Gasteiger partial charge is 0.389 e. The van der Waals surface area contributed by atoms with Crippen molar-refractivity contribution in [2.24, 2.45) is 4.99 Å². The van der Waals surface area contributed by atoms with Crippen LogP contribution in [0.3, 0.4) is 0 Å². The first-order valence-corrected chi connectivity index (χ1v) is 9.51. The van der Waals surface area contributed by atoms with E-state index >= 15 is 0 Å².